The average Bonchev–Trinajstić information content (AvgIpc) is 2.31. The minimum absolute atomic E-state index is 0.121. The first kappa shape index (κ1) is 17.0. The fraction of sp³-hybridized carbons (Fsp3) is 1.00. The highest BCUT2D eigenvalue weighted by Gasteiger charge is 2.26. The van der Waals surface area contributed by atoms with Gasteiger partial charge >= 0.3 is 7.82 Å². The lowest BCUT2D eigenvalue weighted by Gasteiger charge is -2.20. The molecule has 0 fully saturated rings. The highest BCUT2D eigenvalue weighted by molar-refractivity contribution is 7.47. The molecule has 8 heteroatoms. The SMILES string of the molecule is CCCCC(CN)OP(=O)(O)OC[C@H](O)CO. The third kappa shape index (κ3) is 8.68. The maximum atomic E-state index is 11.4. The molecule has 0 aromatic heterocycles. The second-order valence-corrected chi connectivity index (χ2v) is 5.11. The predicted octanol–water partition coefficient (Wildman–Crippen LogP) is -0.00930. The zero-order valence-corrected chi connectivity index (χ0v) is 10.9. The number of nitrogens with two attached hydrogens (primary N) is 1. The van der Waals surface area contributed by atoms with Crippen molar-refractivity contribution in [2.45, 2.75) is 38.4 Å². The molecule has 0 saturated carbocycles. The maximum absolute atomic E-state index is 11.4. The van der Waals surface area contributed by atoms with Crippen molar-refractivity contribution in [3.63, 3.8) is 0 Å². The van der Waals surface area contributed by atoms with E-state index in [4.69, 9.17) is 20.5 Å². The van der Waals surface area contributed by atoms with Gasteiger partial charge in [0.2, 0.25) is 0 Å². The number of phosphoric ester groups is 1. The topological polar surface area (TPSA) is 122 Å². The van der Waals surface area contributed by atoms with Crippen LogP contribution in [0, 0.1) is 0 Å². The molecule has 0 saturated heterocycles. The van der Waals surface area contributed by atoms with Crippen LogP contribution in [0.25, 0.3) is 0 Å². The molecule has 5 N–H and O–H groups in total. The molecular weight excluding hydrogens is 249 g/mol. The molecule has 3 atom stereocenters. The van der Waals surface area contributed by atoms with Crippen molar-refractivity contribution >= 4 is 7.82 Å². The van der Waals surface area contributed by atoms with Crippen LogP contribution < -0.4 is 5.73 Å². The summed E-state index contributed by atoms with van der Waals surface area (Å²) < 4.78 is 20.8. The Balaban J connectivity index is 4.07. The van der Waals surface area contributed by atoms with E-state index in [1.54, 1.807) is 0 Å². The summed E-state index contributed by atoms with van der Waals surface area (Å²) in [5, 5.41) is 17.5. The third-order valence-corrected chi connectivity index (χ3v) is 3.11. The van der Waals surface area contributed by atoms with E-state index in [1.165, 1.54) is 0 Å². The molecule has 0 spiro atoms. The van der Waals surface area contributed by atoms with Crippen LogP contribution in [0.1, 0.15) is 26.2 Å². The lowest BCUT2D eigenvalue weighted by molar-refractivity contribution is 0.0286. The number of aliphatic hydroxyl groups excluding tert-OH is 2. The van der Waals surface area contributed by atoms with Gasteiger partial charge in [-0.3, -0.25) is 9.05 Å². The van der Waals surface area contributed by atoms with Crippen LogP contribution in [0.15, 0.2) is 0 Å². The highest BCUT2D eigenvalue weighted by Crippen LogP contribution is 2.45. The Hall–Kier alpha value is -0.0100. The first-order valence-corrected chi connectivity index (χ1v) is 7.09. The van der Waals surface area contributed by atoms with Crippen molar-refractivity contribution in [1.29, 1.82) is 0 Å². The number of rotatable bonds is 10. The molecule has 0 aromatic carbocycles. The van der Waals surface area contributed by atoms with Crippen LogP contribution in [-0.4, -0.2) is 47.1 Å². The fourth-order valence-electron chi connectivity index (χ4n) is 1.10. The van der Waals surface area contributed by atoms with Gasteiger partial charge in [-0.25, -0.2) is 4.57 Å². The Morgan fingerprint density at radius 2 is 2.12 bits per heavy atom. The normalized spacial score (nSPS) is 18.6. The molecule has 0 aliphatic rings. The van der Waals surface area contributed by atoms with E-state index in [9.17, 15) is 9.46 Å². The second-order valence-electron chi connectivity index (χ2n) is 3.71. The van der Waals surface area contributed by atoms with Crippen LogP contribution >= 0.6 is 7.82 Å². The van der Waals surface area contributed by atoms with Crippen LogP contribution in [-0.2, 0) is 13.6 Å². The predicted molar refractivity (Wildman–Crippen MR) is 62.3 cm³/mol. The molecule has 7 nitrogen and oxygen atoms in total. The Kier molecular flexibility index (Phi) is 8.99. The van der Waals surface area contributed by atoms with Crippen molar-refractivity contribution in [3.05, 3.63) is 0 Å². The Morgan fingerprint density at radius 3 is 2.59 bits per heavy atom. The van der Waals surface area contributed by atoms with Gasteiger partial charge < -0.3 is 20.8 Å². The number of phosphoric acid groups is 1. The first-order chi connectivity index (χ1) is 7.95. The minimum Gasteiger partial charge on any atom is -0.394 e. The molecule has 104 valence electrons. The van der Waals surface area contributed by atoms with Gasteiger partial charge in [0.1, 0.15) is 6.10 Å². The third-order valence-electron chi connectivity index (χ3n) is 2.07. The van der Waals surface area contributed by atoms with Gasteiger partial charge in [-0.05, 0) is 6.42 Å². The van der Waals surface area contributed by atoms with Gasteiger partial charge in [0.15, 0.2) is 0 Å². The smallest absolute Gasteiger partial charge is 0.394 e. The van der Waals surface area contributed by atoms with Gasteiger partial charge in [0.05, 0.1) is 19.3 Å². The molecule has 0 amide bonds. The molecule has 0 rings (SSSR count). The monoisotopic (exact) mass is 271 g/mol. The van der Waals surface area contributed by atoms with Crippen molar-refractivity contribution in [3.8, 4) is 0 Å². The van der Waals surface area contributed by atoms with E-state index in [-0.39, 0.29) is 6.54 Å². The van der Waals surface area contributed by atoms with E-state index in [1.807, 2.05) is 6.92 Å². The number of hydrogen-bond donors (Lipinski definition) is 4. The standard InChI is InChI=1S/C9H22NO6P/c1-2-3-4-9(5-10)16-17(13,14)15-7-8(12)6-11/h8-9,11-12H,2-7,10H2,1H3,(H,13,14)/t8-,9?/m1/s1. The van der Waals surface area contributed by atoms with Crippen LogP contribution in [0.2, 0.25) is 0 Å². The van der Waals surface area contributed by atoms with E-state index >= 15 is 0 Å². The van der Waals surface area contributed by atoms with Crippen molar-refractivity contribution in [2.24, 2.45) is 5.73 Å². The zero-order valence-electron chi connectivity index (χ0n) is 9.99. The van der Waals surface area contributed by atoms with E-state index in [0.717, 1.165) is 12.8 Å². The summed E-state index contributed by atoms with van der Waals surface area (Å²) in [6.45, 7) is 1.10. The van der Waals surface area contributed by atoms with E-state index < -0.39 is 33.2 Å². The van der Waals surface area contributed by atoms with Crippen molar-refractivity contribution < 1.29 is 28.7 Å². The molecule has 0 bridgehead atoms. The molecule has 0 aromatic rings. The van der Waals surface area contributed by atoms with Gasteiger partial charge in [-0.2, -0.15) is 0 Å². The number of unbranched alkanes of at least 4 members (excludes halogenated alkanes) is 1. The summed E-state index contributed by atoms with van der Waals surface area (Å²) in [4.78, 5) is 9.32. The molecule has 2 unspecified atom stereocenters. The molecule has 17 heavy (non-hydrogen) atoms. The van der Waals surface area contributed by atoms with Crippen LogP contribution in [0.4, 0.5) is 0 Å². The van der Waals surface area contributed by atoms with Gasteiger partial charge in [0.25, 0.3) is 0 Å². The van der Waals surface area contributed by atoms with Crippen LogP contribution in [0.5, 0.6) is 0 Å². The summed E-state index contributed by atoms with van der Waals surface area (Å²) in [6, 6.07) is 0. The lowest BCUT2D eigenvalue weighted by atomic mass is 10.2. The summed E-state index contributed by atoms with van der Waals surface area (Å²) in [6.07, 6.45) is 0.590. The maximum Gasteiger partial charge on any atom is 0.472 e. The Bertz CT molecular complexity index is 240. The average molecular weight is 271 g/mol. The molecule has 0 heterocycles. The Labute approximate surface area is 101 Å². The number of aliphatic hydroxyl groups is 2. The first-order valence-electron chi connectivity index (χ1n) is 5.59. The van der Waals surface area contributed by atoms with Crippen LogP contribution in [0.3, 0.4) is 0 Å². The highest BCUT2D eigenvalue weighted by atomic mass is 31.2. The largest absolute Gasteiger partial charge is 0.472 e. The quantitative estimate of drug-likeness (QED) is 0.412. The van der Waals surface area contributed by atoms with E-state index in [2.05, 4.69) is 4.52 Å². The molecule has 0 aliphatic carbocycles. The van der Waals surface area contributed by atoms with E-state index in [0.29, 0.717) is 6.42 Å². The molecule has 0 radical (unpaired) electrons. The summed E-state index contributed by atoms with van der Waals surface area (Å²) >= 11 is 0. The minimum atomic E-state index is -4.22. The summed E-state index contributed by atoms with van der Waals surface area (Å²) in [5.41, 5.74) is 5.40. The molecule has 0 aliphatic heterocycles. The van der Waals surface area contributed by atoms with Crippen molar-refractivity contribution in [1.82, 2.24) is 0 Å². The van der Waals surface area contributed by atoms with Crippen molar-refractivity contribution in [2.75, 3.05) is 19.8 Å². The van der Waals surface area contributed by atoms with Gasteiger partial charge in [0, 0.05) is 6.54 Å². The zero-order chi connectivity index (χ0) is 13.3. The summed E-state index contributed by atoms with van der Waals surface area (Å²) in [5.74, 6) is 0. The number of hydrogen-bond acceptors (Lipinski definition) is 6. The second kappa shape index (κ2) is 8.99. The Morgan fingerprint density at radius 1 is 1.47 bits per heavy atom. The van der Waals surface area contributed by atoms with Gasteiger partial charge in [-0.15, -0.1) is 0 Å². The van der Waals surface area contributed by atoms with Gasteiger partial charge in [-0.1, -0.05) is 19.8 Å². The fourth-order valence-corrected chi connectivity index (χ4v) is 2.09. The lowest BCUT2D eigenvalue weighted by Crippen LogP contribution is -2.24. The molecular formula is C9H22NO6P. The summed E-state index contributed by atoms with van der Waals surface area (Å²) in [7, 11) is -4.22.